The van der Waals surface area contributed by atoms with Crippen LogP contribution in [0.2, 0.25) is 5.02 Å². The Hall–Kier alpha value is -2.39. The summed E-state index contributed by atoms with van der Waals surface area (Å²) in [7, 11) is 0. The average Bonchev–Trinajstić information content (AvgIpc) is 3.15. The minimum atomic E-state index is -4.58. The number of aryl methyl sites for hydroxylation is 1. The second-order valence-corrected chi connectivity index (χ2v) is 8.61. The average molecular weight is 487 g/mol. The summed E-state index contributed by atoms with van der Waals surface area (Å²) in [5.74, 6) is 0.00363. The highest BCUT2D eigenvalue weighted by Gasteiger charge is 2.37. The van der Waals surface area contributed by atoms with Gasteiger partial charge in [-0.15, -0.1) is 11.8 Å². The van der Waals surface area contributed by atoms with Crippen molar-refractivity contribution in [1.82, 2.24) is 5.16 Å². The van der Waals surface area contributed by atoms with Crippen molar-refractivity contribution in [1.29, 1.82) is 0 Å². The van der Waals surface area contributed by atoms with Gasteiger partial charge in [-0.1, -0.05) is 36.2 Å². The van der Waals surface area contributed by atoms with Crippen molar-refractivity contribution in [2.45, 2.75) is 43.7 Å². The molecule has 0 aliphatic rings. The maximum absolute atomic E-state index is 13.1. The predicted molar refractivity (Wildman–Crippen MR) is 114 cm³/mol. The fourth-order valence-electron chi connectivity index (χ4n) is 3.23. The largest absolute Gasteiger partial charge is 0.550 e. The Labute approximate surface area is 191 Å². The lowest BCUT2D eigenvalue weighted by Crippen LogP contribution is -2.24. The highest BCUT2D eigenvalue weighted by molar-refractivity contribution is 7.99. The first-order valence-electron chi connectivity index (χ1n) is 9.93. The van der Waals surface area contributed by atoms with Crippen LogP contribution in [0.3, 0.4) is 0 Å². The van der Waals surface area contributed by atoms with Gasteiger partial charge in [0.25, 0.3) is 0 Å². The fourth-order valence-corrected chi connectivity index (χ4v) is 4.44. The zero-order valence-electron chi connectivity index (χ0n) is 17.1. The summed E-state index contributed by atoms with van der Waals surface area (Å²) in [4.78, 5) is 11.5. The maximum atomic E-state index is 13.1. The molecule has 0 atom stereocenters. The predicted octanol–water partition coefficient (Wildman–Crippen LogP) is 5.31. The SMILES string of the molecule is CCCc1c(OCCCSc2ccc(CC(=O)[O-])cc2Cl)ccc2c(C(F)(F)F)noc12. The number of alkyl halides is 3. The van der Waals surface area contributed by atoms with Crippen molar-refractivity contribution in [3.63, 3.8) is 0 Å². The summed E-state index contributed by atoms with van der Waals surface area (Å²) in [6.45, 7) is 2.28. The number of ether oxygens (including phenoxy) is 1. The smallest absolute Gasteiger partial charge is 0.437 e. The second kappa shape index (κ2) is 10.5. The van der Waals surface area contributed by atoms with Gasteiger partial charge in [-0.2, -0.15) is 13.2 Å². The van der Waals surface area contributed by atoms with Crippen LogP contribution in [0.25, 0.3) is 11.0 Å². The third-order valence-electron chi connectivity index (χ3n) is 4.62. The lowest BCUT2D eigenvalue weighted by molar-refractivity contribution is -0.304. The first kappa shape index (κ1) is 24.3. The number of carbonyl (C=O) groups is 1. The number of nitrogens with zero attached hydrogens (tertiary/aromatic N) is 1. The molecule has 3 aromatic rings. The van der Waals surface area contributed by atoms with Crippen molar-refractivity contribution in [3.05, 3.63) is 52.2 Å². The molecule has 10 heteroatoms. The molecular weight excluding hydrogens is 467 g/mol. The molecule has 1 aromatic heterocycles. The van der Waals surface area contributed by atoms with Crippen molar-refractivity contribution in [2.75, 3.05) is 12.4 Å². The van der Waals surface area contributed by atoms with E-state index in [-0.39, 0.29) is 17.4 Å². The Morgan fingerprint density at radius 2 is 2.06 bits per heavy atom. The molecule has 32 heavy (non-hydrogen) atoms. The van der Waals surface area contributed by atoms with E-state index in [2.05, 4.69) is 5.16 Å². The standard InChI is InChI=1S/C22H21ClF3NO4S/c1-2-4-14-17(7-6-15-20(14)31-27-21(15)22(24,25)26)30-9-3-10-32-18-8-5-13(11-16(18)23)12-19(28)29/h5-8,11H,2-4,9-10,12H2,1H3,(H,28,29)/p-1. The van der Waals surface area contributed by atoms with Crippen LogP contribution in [0, 0.1) is 0 Å². The lowest BCUT2D eigenvalue weighted by Gasteiger charge is -2.12. The Morgan fingerprint density at radius 1 is 1.28 bits per heavy atom. The van der Waals surface area contributed by atoms with Crippen LogP contribution in [-0.4, -0.2) is 23.5 Å². The maximum Gasteiger partial charge on any atom is 0.437 e. The zero-order valence-corrected chi connectivity index (χ0v) is 18.7. The van der Waals surface area contributed by atoms with Crippen LogP contribution in [0.15, 0.2) is 39.8 Å². The Morgan fingerprint density at radius 3 is 2.72 bits per heavy atom. The van der Waals surface area contributed by atoms with Gasteiger partial charge in [-0.25, -0.2) is 0 Å². The van der Waals surface area contributed by atoms with E-state index in [4.69, 9.17) is 20.9 Å². The Bertz CT molecular complexity index is 1100. The molecule has 3 rings (SSSR count). The number of aliphatic carboxylic acids is 1. The van der Waals surface area contributed by atoms with Gasteiger partial charge in [-0.05, 0) is 42.7 Å². The zero-order chi connectivity index (χ0) is 23.3. The summed E-state index contributed by atoms with van der Waals surface area (Å²) in [5.41, 5.74) is 0.222. The number of hydrogen-bond donors (Lipinski definition) is 0. The van der Waals surface area contributed by atoms with Crippen molar-refractivity contribution < 1.29 is 32.3 Å². The van der Waals surface area contributed by atoms with E-state index < -0.39 is 17.8 Å². The molecule has 0 bridgehead atoms. The molecule has 0 spiro atoms. The van der Waals surface area contributed by atoms with Gasteiger partial charge in [0.1, 0.15) is 5.75 Å². The summed E-state index contributed by atoms with van der Waals surface area (Å²) < 4.78 is 50.2. The molecule has 0 saturated carbocycles. The number of halogens is 4. The van der Waals surface area contributed by atoms with E-state index in [1.807, 2.05) is 6.92 Å². The number of carbonyl (C=O) groups excluding carboxylic acids is 1. The van der Waals surface area contributed by atoms with E-state index in [1.165, 1.54) is 23.9 Å². The number of fused-ring (bicyclic) bond motifs is 1. The minimum Gasteiger partial charge on any atom is -0.550 e. The van der Waals surface area contributed by atoms with E-state index in [0.29, 0.717) is 53.5 Å². The second-order valence-electron chi connectivity index (χ2n) is 7.06. The van der Waals surface area contributed by atoms with Crippen molar-refractivity contribution >= 4 is 40.3 Å². The summed E-state index contributed by atoms with van der Waals surface area (Å²) >= 11 is 7.71. The van der Waals surface area contributed by atoms with Crippen LogP contribution >= 0.6 is 23.4 Å². The molecule has 0 aliphatic heterocycles. The van der Waals surface area contributed by atoms with Gasteiger partial charge in [0.15, 0.2) is 11.3 Å². The number of thioether (sulfide) groups is 1. The third kappa shape index (κ3) is 5.89. The number of rotatable bonds is 10. The molecule has 0 fully saturated rings. The van der Waals surface area contributed by atoms with Gasteiger partial charge in [0, 0.05) is 28.6 Å². The monoisotopic (exact) mass is 486 g/mol. The van der Waals surface area contributed by atoms with Gasteiger partial charge in [0.05, 0.1) is 17.0 Å². The van der Waals surface area contributed by atoms with E-state index >= 15 is 0 Å². The van der Waals surface area contributed by atoms with Gasteiger partial charge in [-0.3, -0.25) is 0 Å². The molecule has 0 radical (unpaired) electrons. The third-order valence-corrected chi connectivity index (χ3v) is 6.20. The molecule has 0 unspecified atom stereocenters. The van der Waals surface area contributed by atoms with Crippen molar-refractivity contribution in [3.8, 4) is 5.75 Å². The van der Waals surface area contributed by atoms with Gasteiger partial charge >= 0.3 is 6.18 Å². The van der Waals surface area contributed by atoms with Crippen molar-refractivity contribution in [2.24, 2.45) is 0 Å². The van der Waals surface area contributed by atoms with E-state index in [9.17, 15) is 23.1 Å². The van der Waals surface area contributed by atoms with E-state index in [1.54, 1.807) is 18.2 Å². The van der Waals surface area contributed by atoms with Crippen LogP contribution in [0.1, 0.15) is 36.6 Å². The van der Waals surface area contributed by atoms with E-state index in [0.717, 1.165) is 4.90 Å². The molecule has 2 aromatic carbocycles. The summed E-state index contributed by atoms with van der Waals surface area (Å²) in [5, 5.41) is 14.3. The first-order chi connectivity index (χ1) is 15.2. The summed E-state index contributed by atoms with van der Waals surface area (Å²) in [6, 6.07) is 7.92. The molecule has 1 heterocycles. The summed E-state index contributed by atoms with van der Waals surface area (Å²) in [6.07, 6.45) is -2.91. The normalized spacial score (nSPS) is 11.8. The lowest BCUT2D eigenvalue weighted by atomic mass is 10.0. The first-order valence-corrected chi connectivity index (χ1v) is 11.3. The molecule has 0 aliphatic carbocycles. The molecular formula is C22H20ClF3NO4S-. The van der Waals surface area contributed by atoms with Gasteiger partial charge in [0.2, 0.25) is 0 Å². The number of carboxylic acids is 1. The van der Waals surface area contributed by atoms with Crippen LogP contribution in [0.4, 0.5) is 13.2 Å². The molecule has 172 valence electrons. The topological polar surface area (TPSA) is 75.4 Å². The highest BCUT2D eigenvalue weighted by atomic mass is 35.5. The highest BCUT2D eigenvalue weighted by Crippen LogP contribution is 2.38. The number of hydrogen-bond acceptors (Lipinski definition) is 6. The minimum absolute atomic E-state index is 0.0689. The number of benzene rings is 2. The Kier molecular flexibility index (Phi) is 7.95. The quantitative estimate of drug-likeness (QED) is 0.286. The number of aromatic nitrogens is 1. The van der Waals surface area contributed by atoms with Crippen LogP contribution in [-0.2, 0) is 23.8 Å². The molecule has 5 nitrogen and oxygen atoms in total. The van der Waals surface area contributed by atoms with Crippen LogP contribution in [0.5, 0.6) is 5.75 Å². The number of carboxylic acid groups (broad SMARTS) is 1. The molecule has 0 N–H and O–H groups in total. The molecule has 0 saturated heterocycles. The molecule has 0 amide bonds. The fraction of sp³-hybridized carbons (Fsp3) is 0.364. The Balaban J connectivity index is 1.60. The van der Waals surface area contributed by atoms with Gasteiger partial charge < -0.3 is 19.2 Å². The van der Waals surface area contributed by atoms with Crippen LogP contribution < -0.4 is 9.84 Å².